The van der Waals surface area contributed by atoms with Crippen molar-refractivity contribution in [2.45, 2.75) is 38.8 Å². The van der Waals surface area contributed by atoms with Crippen LogP contribution in [0.4, 0.5) is 0 Å². The molecule has 0 radical (unpaired) electrons. The highest BCUT2D eigenvalue weighted by molar-refractivity contribution is 5.27. The van der Waals surface area contributed by atoms with Crippen LogP contribution in [-0.4, -0.2) is 36.1 Å². The third-order valence-electron chi connectivity index (χ3n) is 3.48. The highest BCUT2D eigenvalue weighted by Gasteiger charge is 2.30. The molecule has 0 bridgehead atoms. The van der Waals surface area contributed by atoms with E-state index in [2.05, 4.69) is 30.7 Å². The molecule has 0 aromatic carbocycles. The summed E-state index contributed by atoms with van der Waals surface area (Å²) >= 11 is 0. The molecule has 1 unspecified atom stereocenters. The molecule has 0 aliphatic heterocycles. The van der Waals surface area contributed by atoms with Crippen molar-refractivity contribution >= 4 is 0 Å². The van der Waals surface area contributed by atoms with Crippen LogP contribution in [-0.2, 0) is 0 Å². The van der Waals surface area contributed by atoms with Crippen LogP contribution in [0.2, 0.25) is 0 Å². The molecule has 2 N–H and O–H groups in total. The molecule has 1 aromatic rings. The zero-order chi connectivity index (χ0) is 13.8. The Kier molecular flexibility index (Phi) is 5.11. The SMILES string of the molecule is CCCOc1cncc(C(N)C(C)(C)N(C)C)c1. The first-order valence-electron chi connectivity index (χ1n) is 6.40. The Morgan fingerprint density at radius 3 is 2.61 bits per heavy atom. The summed E-state index contributed by atoms with van der Waals surface area (Å²) in [4.78, 5) is 6.33. The van der Waals surface area contributed by atoms with E-state index in [1.807, 2.05) is 26.4 Å². The van der Waals surface area contributed by atoms with Gasteiger partial charge in [-0.15, -0.1) is 0 Å². The van der Waals surface area contributed by atoms with Crippen molar-refractivity contribution in [3.63, 3.8) is 0 Å². The molecule has 0 fully saturated rings. The van der Waals surface area contributed by atoms with Gasteiger partial charge in [0.25, 0.3) is 0 Å². The van der Waals surface area contributed by atoms with Gasteiger partial charge in [-0.05, 0) is 46.0 Å². The molecule has 1 atom stereocenters. The van der Waals surface area contributed by atoms with E-state index >= 15 is 0 Å². The number of rotatable bonds is 6. The molecule has 0 aliphatic carbocycles. The van der Waals surface area contributed by atoms with Crippen molar-refractivity contribution < 1.29 is 4.74 Å². The molecule has 0 spiro atoms. The topological polar surface area (TPSA) is 51.4 Å². The Morgan fingerprint density at radius 2 is 2.06 bits per heavy atom. The largest absolute Gasteiger partial charge is 0.492 e. The van der Waals surface area contributed by atoms with Gasteiger partial charge in [-0.2, -0.15) is 0 Å². The lowest BCUT2D eigenvalue weighted by Crippen LogP contribution is -2.47. The van der Waals surface area contributed by atoms with Gasteiger partial charge < -0.3 is 15.4 Å². The minimum atomic E-state index is -0.134. The molecule has 1 rings (SSSR count). The fourth-order valence-electron chi connectivity index (χ4n) is 1.59. The van der Waals surface area contributed by atoms with E-state index in [1.54, 1.807) is 6.20 Å². The fourth-order valence-corrected chi connectivity index (χ4v) is 1.59. The average Bonchev–Trinajstić information content (AvgIpc) is 2.35. The lowest BCUT2D eigenvalue weighted by molar-refractivity contribution is 0.158. The smallest absolute Gasteiger partial charge is 0.137 e. The first kappa shape index (κ1) is 14.9. The molecule has 18 heavy (non-hydrogen) atoms. The van der Waals surface area contributed by atoms with Gasteiger partial charge in [0.15, 0.2) is 0 Å². The molecule has 1 heterocycles. The predicted octanol–water partition coefficient (Wildman–Crippen LogP) is 2.21. The Labute approximate surface area is 110 Å². The molecule has 1 aromatic heterocycles. The number of likely N-dealkylation sites (N-methyl/N-ethyl adjacent to an activating group) is 1. The van der Waals surface area contributed by atoms with Crippen LogP contribution in [0.1, 0.15) is 38.8 Å². The predicted molar refractivity (Wildman–Crippen MR) is 74.7 cm³/mol. The van der Waals surface area contributed by atoms with Gasteiger partial charge >= 0.3 is 0 Å². The summed E-state index contributed by atoms with van der Waals surface area (Å²) in [7, 11) is 4.06. The maximum Gasteiger partial charge on any atom is 0.137 e. The van der Waals surface area contributed by atoms with E-state index in [9.17, 15) is 0 Å². The molecule has 0 amide bonds. The van der Waals surface area contributed by atoms with E-state index in [-0.39, 0.29) is 11.6 Å². The van der Waals surface area contributed by atoms with E-state index in [1.165, 1.54) is 0 Å². The quantitative estimate of drug-likeness (QED) is 0.842. The van der Waals surface area contributed by atoms with Gasteiger partial charge in [0.05, 0.1) is 12.8 Å². The second-order valence-electron chi connectivity index (χ2n) is 5.33. The monoisotopic (exact) mass is 251 g/mol. The maximum absolute atomic E-state index is 6.33. The molecule has 0 saturated carbocycles. The summed E-state index contributed by atoms with van der Waals surface area (Å²) in [6.07, 6.45) is 4.53. The third kappa shape index (κ3) is 3.43. The van der Waals surface area contributed by atoms with Gasteiger partial charge in [-0.25, -0.2) is 0 Å². The number of hydrogen-bond acceptors (Lipinski definition) is 4. The first-order chi connectivity index (χ1) is 8.39. The first-order valence-corrected chi connectivity index (χ1v) is 6.40. The van der Waals surface area contributed by atoms with Crippen molar-refractivity contribution in [2.75, 3.05) is 20.7 Å². The highest BCUT2D eigenvalue weighted by Crippen LogP contribution is 2.28. The van der Waals surface area contributed by atoms with Gasteiger partial charge in [0.2, 0.25) is 0 Å². The highest BCUT2D eigenvalue weighted by atomic mass is 16.5. The van der Waals surface area contributed by atoms with Crippen LogP contribution in [0.25, 0.3) is 0 Å². The normalized spacial score (nSPS) is 13.7. The molecule has 0 aliphatic rings. The summed E-state index contributed by atoms with van der Waals surface area (Å²) in [6.45, 7) is 7.03. The third-order valence-corrected chi connectivity index (χ3v) is 3.48. The molecule has 4 nitrogen and oxygen atoms in total. The summed E-state index contributed by atoms with van der Waals surface area (Å²) in [5.41, 5.74) is 7.20. The van der Waals surface area contributed by atoms with Crippen molar-refractivity contribution in [1.82, 2.24) is 9.88 Å². The fraction of sp³-hybridized carbons (Fsp3) is 0.643. The van der Waals surface area contributed by atoms with Crippen LogP contribution in [0.15, 0.2) is 18.5 Å². The van der Waals surface area contributed by atoms with Crippen molar-refractivity contribution in [1.29, 1.82) is 0 Å². The summed E-state index contributed by atoms with van der Waals surface area (Å²) in [6, 6.07) is 1.88. The van der Waals surface area contributed by atoms with Crippen LogP contribution in [0.3, 0.4) is 0 Å². The number of nitrogens with zero attached hydrogens (tertiary/aromatic N) is 2. The van der Waals surface area contributed by atoms with Crippen molar-refractivity contribution in [3.8, 4) is 5.75 Å². The summed E-state index contributed by atoms with van der Waals surface area (Å²) < 4.78 is 5.59. The minimum absolute atomic E-state index is 0.106. The number of hydrogen-bond donors (Lipinski definition) is 1. The zero-order valence-electron chi connectivity index (χ0n) is 12.1. The average molecular weight is 251 g/mol. The standard InChI is InChI=1S/C14H25N3O/c1-6-7-18-12-8-11(9-16-10-12)13(15)14(2,3)17(4)5/h8-10,13H,6-7,15H2,1-5H3. The van der Waals surface area contributed by atoms with Crippen LogP contribution >= 0.6 is 0 Å². The molecular weight excluding hydrogens is 226 g/mol. The van der Waals surface area contributed by atoms with E-state index in [0.717, 1.165) is 17.7 Å². The van der Waals surface area contributed by atoms with Gasteiger partial charge in [0.1, 0.15) is 5.75 Å². The Balaban J connectivity index is 2.89. The Hall–Kier alpha value is -1.13. The van der Waals surface area contributed by atoms with Gasteiger partial charge in [0, 0.05) is 17.8 Å². The number of aromatic nitrogens is 1. The number of nitrogens with two attached hydrogens (primary N) is 1. The molecular formula is C14H25N3O. The molecule has 102 valence electrons. The minimum Gasteiger partial charge on any atom is -0.492 e. The second kappa shape index (κ2) is 6.16. The Morgan fingerprint density at radius 1 is 1.39 bits per heavy atom. The molecule has 4 heteroatoms. The summed E-state index contributed by atoms with van der Waals surface area (Å²) in [5, 5.41) is 0. The van der Waals surface area contributed by atoms with E-state index in [4.69, 9.17) is 10.5 Å². The number of pyridine rings is 1. The summed E-state index contributed by atoms with van der Waals surface area (Å²) in [5.74, 6) is 0.791. The van der Waals surface area contributed by atoms with Crippen molar-refractivity contribution in [3.05, 3.63) is 24.0 Å². The van der Waals surface area contributed by atoms with Crippen LogP contribution < -0.4 is 10.5 Å². The van der Waals surface area contributed by atoms with Crippen molar-refractivity contribution in [2.24, 2.45) is 5.73 Å². The lowest BCUT2D eigenvalue weighted by Gasteiger charge is -2.38. The second-order valence-corrected chi connectivity index (χ2v) is 5.33. The molecule has 0 saturated heterocycles. The van der Waals surface area contributed by atoms with Crippen LogP contribution in [0.5, 0.6) is 5.75 Å². The van der Waals surface area contributed by atoms with Gasteiger partial charge in [-0.1, -0.05) is 6.92 Å². The van der Waals surface area contributed by atoms with E-state index in [0.29, 0.717) is 6.61 Å². The van der Waals surface area contributed by atoms with Gasteiger partial charge in [-0.3, -0.25) is 4.98 Å². The zero-order valence-corrected chi connectivity index (χ0v) is 12.1. The maximum atomic E-state index is 6.33. The number of ether oxygens (including phenoxy) is 1. The van der Waals surface area contributed by atoms with Crippen LogP contribution in [0, 0.1) is 0 Å². The van der Waals surface area contributed by atoms with E-state index < -0.39 is 0 Å². The Bertz CT molecular complexity index is 377. The lowest BCUT2D eigenvalue weighted by atomic mass is 9.89.